The Balaban J connectivity index is 3.05. The molecule has 0 saturated carbocycles. The zero-order valence-corrected chi connectivity index (χ0v) is 24.5. The van der Waals surface area contributed by atoms with Crippen molar-refractivity contribution in [2.45, 2.75) is 109 Å². The standard InChI is InChI=1S/C27H48N6O8/c1-15(2)12-19(31-23(36)17-9-7-11-29-17)24(37)32-20(13-16(3)4)25(38)33-21(14-22(34)35)26(39)30-18(27(40)41)8-5-6-10-28/h15-21,29H,5-14,28H2,1-4H3,(H,30,39)(H,31,36)(H,32,37)(H,33,38)(H,34,35)(H,40,41)/t17-,18-,19-,20-,21-/m0/s1. The highest BCUT2D eigenvalue weighted by Gasteiger charge is 2.33. The summed E-state index contributed by atoms with van der Waals surface area (Å²) in [5.41, 5.74) is 5.44. The predicted octanol–water partition coefficient (Wildman–Crippen LogP) is -0.542. The molecule has 1 heterocycles. The number of carboxylic acids is 2. The number of nitrogens with one attached hydrogen (secondary N) is 5. The topological polar surface area (TPSA) is 229 Å². The van der Waals surface area contributed by atoms with Crippen LogP contribution in [0, 0.1) is 11.8 Å². The molecule has 1 rings (SSSR count). The molecule has 1 fully saturated rings. The minimum absolute atomic E-state index is 0.0515. The van der Waals surface area contributed by atoms with Crippen LogP contribution >= 0.6 is 0 Å². The molecule has 0 aromatic rings. The number of unbranched alkanes of at least 4 members (excludes halogenated alkanes) is 1. The second-order valence-electron chi connectivity index (χ2n) is 11.4. The van der Waals surface area contributed by atoms with Gasteiger partial charge in [-0.1, -0.05) is 27.7 Å². The number of hydrogen-bond donors (Lipinski definition) is 8. The lowest BCUT2D eigenvalue weighted by Crippen LogP contribution is -2.59. The van der Waals surface area contributed by atoms with Crippen LogP contribution in [-0.4, -0.2) is 89.1 Å². The number of rotatable bonds is 19. The van der Waals surface area contributed by atoms with E-state index in [2.05, 4.69) is 26.6 Å². The Hall–Kier alpha value is -3.26. The Morgan fingerprint density at radius 2 is 1.29 bits per heavy atom. The molecule has 0 bridgehead atoms. The lowest BCUT2D eigenvalue weighted by molar-refractivity contribution is -0.143. The molecule has 1 aliphatic heterocycles. The van der Waals surface area contributed by atoms with Crippen molar-refractivity contribution in [2.75, 3.05) is 13.1 Å². The summed E-state index contributed by atoms with van der Waals surface area (Å²) in [5, 5.41) is 32.0. The molecular formula is C27H48N6O8. The first-order valence-corrected chi connectivity index (χ1v) is 14.3. The summed E-state index contributed by atoms with van der Waals surface area (Å²) in [7, 11) is 0. The Morgan fingerprint density at radius 3 is 1.76 bits per heavy atom. The minimum Gasteiger partial charge on any atom is -0.481 e. The van der Waals surface area contributed by atoms with Crippen molar-refractivity contribution in [3.63, 3.8) is 0 Å². The maximum atomic E-state index is 13.3. The van der Waals surface area contributed by atoms with Crippen LogP contribution in [-0.2, 0) is 28.8 Å². The Kier molecular flexibility index (Phi) is 15.9. The Labute approximate surface area is 241 Å². The van der Waals surface area contributed by atoms with E-state index < -0.39 is 66.3 Å². The van der Waals surface area contributed by atoms with Gasteiger partial charge in [0.25, 0.3) is 0 Å². The summed E-state index contributed by atoms with van der Waals surface area (Å²) in [6.07, 6.45) is 2.25. The summed E-state index contributed by atoms with van der Waals surface area (Å²) in [4.78, 5) is 75.3. The first-order valence-electron chi connectivity index (χ1n) is 14.3. The lowest BCUT2D eigenvalue weighted by Gasteiger charge is -2.27. The number of hydrogen-bond acceptors (Lipinski definition) is 8. The molecule has 0 aromatic carbocycles. The minimum atomic E-state index is -1.58. The van der Waals surface area contributed by atoms with E-state index in [-0.39, 0.29) is 30.6 Å². The second-order valence-corrected chi connectivity index (χ2v) is 11.4. The van der Waals surface area contributed by atoms with Crippen molar-refractivity contribution in [2.24, 2.45) is 17.6 Å². The van der Waals surface area contributed by atoms with Gasteiger partial charge in [0.1, 0.15) is 24.2 Å². The summed E-state index contributed by atoms with van der Waals surface area (Å²) in [5.74, 6) is -5.34. The molecule has 0 radical (unpaired) electrons. The van der Waals surface area contributed by atoms with Gasteiger partial charge in [0, 0.05) is 0 Å². The first-order chi connectivity index (χ1) is 19.2. The van der Waals surface area contributed by atoms with Crippen molar-refractivity contribution in [3.05, 3.63) is 0 Å². The monoisotopic (exact) mass is 584 g/mol. The van der Waals surface area contributed by atoms with Crippen molar-refractivity contribution in [1.29, 1.82) is 0 Å². The molecule has 1 saturated heterocycles. The number of aliphatic carboxylic acids is 2. The van der Waals surface area contributed by atoms with Gasteiger partial charge < -0.3 is 42.5 Å². The maximum Gasteiger partial charge on any atom is 0.326 e. The molecule has 0 aromatic heterocycles. The van der Waals surface area contributed by atoms with Crippen molar-refractivity contribution in [1.82, 2.24) is 26.6 Å². The average molecular weight is 585 g/mol. The lowest BCUT2D eigenvalue weighted by atomic mass is 9.99. The summed E-state index contributed by atoms with van der Waals surface area (Å²) >= 11 is 0. The van der Waals surface area contributed by atoms with Crippen LogP contribution in [0.3, 0.4) is 0 Å². The van der Waals surface area contributed by atoms with Gasteiger partial charge in [-0.2, -0.15) is 0 Å². The fourth-order valence-electron chi connectivity index (χ4n) is 4.54. The summed E-state index contributed by atoms with van der Waals surface area (Å²) in [6.45, 7) is 8.50. The molecule has 4 amide bonds. The fourth-order valence-corrected chi connectivity index (χ4v) is 4.54. The predicted molar refractivity (Wildman–Crippen MR) is 150 cm³/mol. The van der Waals surface area contributed by atoms with E-state index in [0.29, 0.717) is 38.8 Å². The normalized spacial score (nSPS) is 17.8. The van der Waals surface area contributed by atoms with Crippen LogP contribution in [0.15, 0.2) is 0 Å². The van der Waals surface area contributed by atoms with Gasteiger partial charge in [-0.3, -0.25) is 24.0 Å². The third kappa shape index (κ3) is 13.8. The molecule has 14 heteroatoms. The highest BCUT2D eigenvalue weighted by molar-refractivity contribution is 5.96. The van der Waals surface area contributed by atoms with Gasteiger partial charge in [-0.15, -0.1) is 0 Å². The third-order valence-electron chi connectivity index (χ3n) is 6.63. The van der Waals surface area contributed by atoms with E-state index >= 15 is 0 Å². The second kappa shape index (κ2) is 18.2. The number of carboxylic acid groups (broad SMARTS) is 2. The molecule has 14 nitrogen and oxygen atoms in total. The molecule has 41 heavy (non-hydrogen) atoms. The summed E-state index contributed by atoms with van der Waals surface area (Å²) < 4.78 is 0. The van der Waals surface area contributed by atoms with Crippen molar-refractivity contribution in [3.8, 4) is 0 Å². The van der Waals surface area contributed by atoms with Gasteiger partial charge in [-0.25, -0.2) is 4.79 Å². The van der Waals surface area contributed by atoms with Gasteiger partial charge in [0.15, 0.2) is 0 Å². The van der Waals surface area contributed by atoms with Gasteiger partial charge in [0.05, 0.1) is 12.5 Å². The van der Waals surface area contributed by atoms with E-state index in [9.17, 15) is 39.0 Å². The number of carbonyl (C=O) groups excluding carboxylic acids is 4. The molecular weight excluding hydrogens is 536 g/mol. The Bertz CT molecular complexity index is 906. The quantitative estimate of drug-likeness (QED) is 0.0904. The van der Waals surface area contributed by atoms with Crippen molar-refractivity contribution >= 4 is 35.6 Å². The molecule has 1 aliphatic rings. The zero-order valence-electron chi connectivity index (χ0n) is 24.5. The van der Waals surface area contributed by atoms with Crippen LogP contribution in [0.5, 0.6) is 0 Å². The first kappa shape index (κ1) is 35.8. The highest BCUT2D eigenvalue weighted by Crippen LogP contribution is 2.12. The van der Waals surface area contributed by atoms with Crippen LogP contribution in [0.1, 0.15) is 79.1 Å². The maximum absolute atomic E-state index is 13.3. The number of carbonyl (C=O) groups is 6. The zero-order chi connectivity index (χ0) is 31.1. The van der Waals surface area contributed by atoms with E-state index in [4.69, 9.17) is 5.73 Å². The average Bonchev–Trinajstić information content (AvgIpc) is 3.41. The van der Waals surface area contributed by atoms with Crippen LogP contribution in [0.4, 0.5) is 0 Å². The van der Waals surface area contributed by atoms with Crippen LogP contribution in [0.25, 0.3) is 0 Å². The van der Waals surface area contributed by atoms with Gasteiger partial charge in [0.2, 0.25) is 23.6 Å². The number of nitrogens with two attached hydrogens (primary N) is 1. The number of amides is 4. The highest BCUT2D eigenvalue weighted by atomic mass is 16.4. The molecule has 0 unspecified atom stereocenters. The van der Waals surface area contributed by atoms with Gasteiger partial charge >= 0.3 is 11.9 Å². The van der Waals surface area contributed by atoms with Crippen molar-refractivity contribution < 1.29 is 39.0 Å². The van der Waals surface area contributed by atoms with Crippen LogP contribution < -0.4 is 32.3 Å². The van der Waals surface area contributed by atoms with E-state index in [0.717, 1.165) is 6.42 Å². The van der Waals surface area contributed by atoms with Gasteiger partial charge in [-0.05, 0) is 69.9 Å². The molecule has 0 spiro atoms. The molecule has 9 N–H and O–H groups in total. The summed E-state index contributed by atoms with van der Waals surface area (Å²) in [6, 6.07) is -5.31. The third-order valence-corrected chi connectivity index (χ3v) is 6.63. The molecule has 234 valence electrons. The SMILES string of the molecule is CC(C)C[C@H](NC(=O)[C@@H]1CCCN1)C(=O)N[C@@H](CC(C)C)C(=O)N[C@@H](CC(=O)O)C(=O)N[C@@H](CCCCN)C(=O)O. The largest absolute Gasteiger partial charge is 0.481 e. The molecule has 5 atom stereocenters. The van der Waals surface area contributed by atoms with E-state index in [1.807, 2.05) is 27.7 Å². The molecule has 0 aliphatic carbocycles. The van der Waals surface area contributed by atoms with E-state index in [1.165, 1.54) is 0 Å². The van der Waals surface area contributed by atoms with E-state index in [1.54, 1.807) is 0 Å². The smallest absolute Gasteiger partial charge is 0.326 e. The van der Waals surface area contributed by atoms with Crippen LogP contribution in [0.2, 0.25) is 0 Å². The fraction of sp³-hybridized carbons (Fsp3) is 0.778. The Morgan fingerprint density at radius 1 is 0.780 bits per heavy atom.